The number of ether oxygens (including phenoxy) is 2. The van der Waals surface area contributed by atoms with Crippen LogP contribution in [-0.4, -0.2) is 37.5 Å². The van der Waals surface area contributed by atoms with Crippen molar-refractivity contribution in [3.8, 4) is 11.5 Å². The summed E-state index contributed by atoms with van der Waals surface area (Å²) in [5.41, 5.74) is 3.44. The van der Waals surface area contributed by atoms with Gasteiger partial charge in [0.05, 0.1) is 14.2 Å². The van der Waals surface area contributed by atoms with Gasteiger partial charge in [-0.25, -0.2) is 0 Å². The fraction of sp³-hybridized carbons (Fsp3) is 0.333. The van der Waals surface area contributed by atoms with E-state index in [0.717, 1.165) is 18.5 Å². The number of rotatable bonds is 5. The largest absolute Gasteiger partial charge is 0.497 e. The second kappa shape index (κ2) is 8.12. The lowest BCUT2D eigenvalue weighted by atomic mass is 9.98. The third-order valence-electron chi connectivity index (χ3n) is 4.75. The highest BCUT2D eigenvalue weighted by molar-refractivity contribution is 6.04. The van der Waals surface area contributed by atoms with Gasteiger partial charge in [0.15, 0.2) is 0 Å². The number of methoxy groups -OCH3 is 2. The van der Waals surface area contributed by atoms with E-state index >= 15 is 0 Å². The van der Waals surface area contributed by atoms with Crippen LogP contribution in [-0.2, 0) is 17.8 Å². The molecule has 0 fully saturated rings. The van der Waals surface area contributed by atoms with Crippen molar-refractivity contribution in [3.63, 3.8) is 0 Å². The topological polar surface area (TPSA) is 67.9 Å². The smallest absolute Gasteiger partial charge is 0.255 e. The molecule has 1 aliphatic heterocycles. The number of nitrogens with zero attached hydrogens (tertiary/aromatic N) is 1. The Hall–Kier alpha value is -3.02. The summed E-state index contributed by atoms with van der Waals surface area (Å²) in [4.78, 5) is 26.5. The predicted molar refractivity (Wildman–Crippen MR) is 103 cm³/mol. The number of hydrogen-bond acceptors (Lipinski definition) is 4. The molecule has 0 unspecified atom stereocenters. The van der Waals surface area contributed by atoms with Crippen molar-refractivity contribution in [2.24, 2.45) is 0 Å². The van der Waals surface area contributed by atoms with Crippen LogP contribution in [0.4, 0.5) is 5.69 Å². The van der Waals surface area contributed by atoms with Crippen LogP contribution in [0.1, 0.15) is 34.8 Å². The third kappa shape index (κ3) is 4.22. The van der Waals surface area contributed by atoms with E-state index < -0.39 is 0 Å². The van der Waals surface area contributed by atoms with Gasteiger partial charge in [-0.1, -0.05) is 13.0 Å². The first-order chi connectivity index (χ1) is 13.0. The number of hydrogen-bond donors (Lipinski definition) is 1. The number of amides is 2. The molecule has 0 bridgehead atoms. The van der Waals surface area contributed by atoms with E-state index in [1.54, 1.807) is 32.4 Å². The van der Waals surface area contributed by atoms with Crippen LogP contribution in [0, 0.1) is 0 Å². The van der Waals surface area contributed by atoms with Crippen LogP contribution in [0.25, 0.3) is 0 Å². The minimum absolute atomic E-state index is 0.151. The van der Waals surface area contributed by atoms with Gasteiger partial charge in [0, 0.05) is 36.8 Å². The van der Waals surface area contributed by atoms with Crippen molar-refractivity contribution in [1.29, 1.82) is 0 Å². The number of carbonyl (C=O) groups excluding carboxylic acids is 2. The summed E-state index contributed by atoms with van der Waals surface area (Å²) in [6.45, 7) is 3.20. The molecule has 2 aromatic carbocycles. The molecule has 0 aliphatic carbocycles. The van der Waals surface area contributed by atoms with Gasteiger partial charge < -0.3 is 19.7 Å². The standard InChI is InChI=1S/C21H24N2O4/c1-4-20(24)23-8-7-14-5-6-17(9-16(14)13-23)22-21(25)15-10-18(26-2)12-19(11-15)27-3/h5-6,9-12H,4,7-8,13H2,1-3H3,(H,22,25). The van der Waals surface area contributed by atoms with E-state index in [-0.39, 0.29) is 11.8 Å². The summed E-state index contributed by atoms with van der Waals surface area (Å²) >= 11 is 0. The minimum Gasteiger partial charge on any atom is -0.497 e. The molecular formula is C21H24N2O4. The van der Waals surface area contributed by atoms with Crippen molar-refractivity contribution in [3.05, 3.63) is 53.1 Å². The lowest BCUT2D eigenvalue weighted by Gasteiger charge is -2.29. The first-order valence-electron chi connectivity index (χ1n) is 8.98. The van der Waals surface area contributed by atoms with Crippen LogP contribution in [0.3, 0.4) is 0 Å². The molecule has 1 heterocycles. The lowest BCUT2D eigenvalue weighted by molar-refractivity contribution is -0.131. The highest BCUT2D eigenvalue weighted by Crippen LogP contribution is 2.25. The Kier molecular flexibility index (Phi) is 5.64. The first kappa shape index (κ1) is 18.8. The van der Waals surface area contributed by atoms with Gasteiger partial charge in [-0.2, -0.15) is 0 Å². The van der Waals surface area contributed by atoms with Crippen molar-refractivity contribution in [1.82, 2.24) is 4.90 Å². The number of anilines is 1. The Bertz CT molecular complexity index is 841. The SMILES string of the molecule is CCC(=O)N1CCc2ccc(NC(=O)c3cc(OC)cc(OC)c3)cc2C1. The Morgan fingerprint density at radius 2 is 1.74 bits per heavy atom. The summed E-state index contributed by atoms with van der Waals surface area (Å²) in [5, 5.41) is 2.92. The van der Waals surface area contributed by atoms with Gasteiger partial charge >= 0.3 is 0 Å². The molecule has 27 heavy (non-hydrogen) atoms. The van der Waals surface area contributed by atoms with Crippen LogP contribution in [0.15, 0.2) is 36.4 Å². The Morgan fingerprint density at radius 1 is 1.04 bits per heavy atom. The van der Waals surface area contributed by atoms with Crippen LogP contribution < -0.4 is 14.8 Å². The van der Waals surface area contributed by atoms with Gasteiger partial charge in [0.2, 0.25) is 5.91 Å². The van der Waals surface area contributed by atoms with Gasteiger partial charge in [0.1, 0.15) is 11.5 Å². The Labute approximate surface area is 159 Å². The molecule has 1 N–H and O–H groups in total. The minimum atomic E-state index is -0.246. The lowest BCUT2D eigenvalue weighted by Crippen LogP contribution is -2.35. The fourth-order valence-corrected chi connectivity index (χ4v) is 3.21. The zero-order valence-corrected chi connectivity index (χ0v) is 15.9. The monoisotopic (exact) mass is 368 g/mol. The molecule has 142 valence electrons. The average molecular weight is 368 g/mol. The highest BCUT2D eigenvalue weighted by Gasteiger charge is 2.20. The number of benzene rings is 2. The summed E-state index contributed by atoms with van der Waals surface area (Å²) in [7, 11) is 3.09. The highest BCUT2D eigenvalue weighted by atomic mass is 16.5. The molecule has 6 heteroatoms. The zero-order chi connectivity index (χ0) is 19.4. The molecular weight excluding hydrogens is 344 g/mol. The molecule has 0 saturated carbocycles. The molecule has 3 rings (SSSR count). The zero-order valence-electron chi connectivity index (χ0n) is 15.9. The van der Waals surface area contributed by atoms with Gasteiger partial charge in [-0.05, 0) is 41.8 Å². The summed E-state index contributed by atoms with van der Waals surface area (Å²) < 4.78 is 10.4. The Morgan fingerprint density at radius 3 is 2.37 bits per heavy atom. The van der Waals surface area contributed by atoms with E-state index in [2.05, 4.69) is 5.32 Å². The molecule has 1 aliphatic rings. The van der Waals surface area contributed by atoms with Crippen LogP contribution in [0.5, 0.6) is 11.5 Å². The summed E-state index contributed by atoms with van der Waals surface area (Å²) in [6.07, 6.45) is 1.34. The van der Waals surface area contributed by atoms with E-state index in [1.807, 2.05) is 30.0 Å². The second-order valence-electron chi connectivity index (χ2n) is 6.46. The van der Waals surface area contributed by atoms with E-state index in [4.69, 9.17) is 9.47 Å². The normalized spacial score (nSPS) is 12.9. The van der Waals surface area contributed by atoms with Gasteiger partial charge in [0.25, 0.3) is 5.91 Å². The molecule has 2 amide bonds. The molecule has 0 atom stereocenters. The molecule has 0 aromatic heterocycles. The van der Waals surface area contributed by atoms with Crippen molar-refractivity contribution < 1.29 is 19.1 Å². The Balaban J connectivity index is 1.79. The molecule has 0 spiro atoms. The summed E-state index contributed by atoms with van der Waals surface area (Å²) in [5.74, 6) is 1.01. The maximum absolute atomic E-state index is 12.7. The summed E-state index contributed by atoms with van der Waals surface area (Å²) in [6, 6.07) is 10.9. The number of nitrogens with one attached hydrogen (secondary N) is 1. The quantitative estimate of drug-likeness (QED) is 0.880. The molecule has 6 nitrogen and oxygen atoms in total. The number of fused-ring (bicyclic) bond motifs is 1. The third-order valence-corrected chi connectivity index (χ3v) is 4.75. The van der Waals surface area contributed by atoms with Crippen molar-refractivity contribution >= 4 is 17.5 Å². The molecule has 0 saturated heterocycles. The van der Waals surface area contributed by atoms with Crippen LogP contribution >= 0.6 is 0 Å². The number of carbonyl (C=O) groups is 2. The first-order valence-corrected chi connectivity index (χ1v) is 8.98. The molecule has 2 aromatic rings. The second-order valence-corrected chi connectivity index (χ2v) is 6.46. The van der Waals surface area contributed by atoms with E-state index in [0.29, 0.717) is 35.7 Å². The fourth-order valence-electron chi connectivity index (χ4n) is 3.21. The van der Waals surface area contributed by atoms with Crippen molar-refractivity contribution in [2.45, 2.75) is 26.3 Å². The average Bonchev–Trinajstić information content (AvgIpc) is 2.72. The van der Waals surface area contributed by atoms with Gasteiger partial charge in [-0.3, -0.25) is 9.59 Å². The van der Waals surface area contributed by atoms with Gasteiger partial charge in [-0.15, -0.1) is 0 Å². The van der Waals surface area contributed by atoms with Crippen LogP contribution in [0.2, 0.25) is 0 Å². The maximum Gasteiger partial charge on any atom is 0.255 e. The maximum atomic E-state index is 12.7. The van der Waals surface area contributed by atoms with E-state index in [1.165, 1.54) is 5.56 Å². The molecule has 0 radical (unpaired) electrons. The predicted octanol–water partition coefficient (Wildman–Crippen LogP) is 3.25. The van der Waals surface area contributed by atoms with Crippen molar-refractivity contribution in [2.75, 3.05) is 26.1 Å². The van der Waals surface area contributed by atoms with E-state index in [9.17, 15) is 9.59 Å².